The van der Waals surface area contributed by atoms with Gasteiger partial charge in [-0.05, 0) is 25.7 Å². The highest BCUT2D eigenvalue weighted by atomic mass is 16.5. The highest BCUT2D eigenvalue weighted by Gasteiger charge is 2.37. The summed E-state index contributed by atoms with van der Waals surface area (Å²) in [5, 5.41) is 0. The van der Waals surface area contributed by atoms with Gasteiger partial charge in [-0.3, -0.25) is 0 Å². The summed E-state index contributed by atoms with van der Waals surface area (Å²) in [6.07, 6.45) is 33.5. The zero-order chi connectivity index (χ0) is 20.7. The van der Waals surface area contributed by atoms with Crippen molar-refractivity contribution in [2.75, 3.05) is 0 Å². The van der Waals surface area contributed by atoms with E-state index in [1.54, 1.807) is 0 Å². The van der Waals surface area contributed by atoms with Crippen molar-refractivity contribution in [3.05, 3.63) is 25.3 Å². The largest absolute Gasteiger partial charge is 0.360 e. The van der Waals surface area contributed by atoms with E-state index in [0.717, 1.165) is 25.7 Å². The van der Waals surface area contributed by atoms with Crippen molar-refractivity contribution in [2.24, 2.45) is 0 Å². The molecule has 0 N–H and O–H groups in total. The summed E-state index contributed by atoms with van der Waals surface area (Å²) in [6, 6.07) is 0. The second kappa shape index (κ2) is 14.4. The molecule has 2 fully saturated rings. The van der Waals surface area contributed by atoms with Crippen molar-refractivity contribution in [3.63, 3.8) is 0 Å². The van der Waals surface area contributed by atoms with Crippen molar-refractivity contribution >= 4 is 0 Å². The zero-order valence-corrected chi connectivity index (χ0v) is 19.5. The molecule has 0 bridgehead atoms. The van der Waals surface area contributed by atoms with Gasteiger partial charge in [0.15, 0.2) is 0 Å². The molecule has 0 atom stereocenters. The molecule has 0 aromatic rings. The summed E-state index contributed by atoms with van der Waals surface area (Å²) in [5.41, 5.74) is -0.297. The Kier molecular flexibility index (Phi) is 12.3. The Morgan fingerprint density at radius 3 is 0.793 bits per heavy atom. The number of hydrogen-bond acceptors (Lipinski definition) is 1. The molecule has 2 aliphatic rings. The predicted molar refractivity (Wildman–Crippen MR) is 129 cm³/mol. The highest BCUT2D eigenvalue weighted by Crippen LogP contribution is 2.39. The number of ether oxygens (including phenoxy) is 1. The van der Waals surface area contributed by atoms with Crippen LogP contribution in [0.5, 0.6) is 0 Å². The van der Waals surface area contributed by atoms with Crippen LogP contribution >= 0.6 is 0 Å². The molecule has 0 aromatic carbocycles. The minimum absolute atomic E-state index is 0.148. The predicted octanol–water partition coefficient (Wildman–Crippen LogP) is 9.46. The van der Waals surface area contributed by atoms with Gasteiger partial charge in [-0.1, -0.05) is 128 Å². The van der Waals surface area contributed by atoms with Gasteiger partial charge in [-0.2, -0.15) is 0 Å². The molecule has 1 nitrogen and oxygen atoms in total. The molecule has 0 radical (unpaired) electrons. The van der Waals surface area contributed by atoms with Crippen LogP contribution in [0.15, 0.2) is 25.3 Å². The van der Waals surface area contributed by atoms with E-state index in [9.17, 15) is 0 Å². The molecule has 0 unspecified atom stereocenters. The molecule has 0 aliphatic heterocycles. The standard InChI is InChI=1S/C28H50O/c1-3-27(23-19-15-11-7-5-8-12-16-20-24-27)29-28(4-2)25-21-17-13-9-6-10-14-18-22-26-28/h3-4H,1-2,5-26H2. The number of rotatable bonds is 4. The van der Waals surface area contributed by atoms with Gasteiger partial charge in [0, 0.05) is 0 Å². The Balaban J connectivity index is 2.09. The molecule has 29 heavy (non-hydrogen) atoms. The van der Waals surface area contributed by atoms with E-state index in [2.05, 4.69) is 25.3 Å². The smallest absolute Gasteiger partial charge is 0.0871 e. The maximum atomic E-state index is 7.18. The van der Waals surface area contributed by atoms with Gasteiger partial charge in [0.25, 0.3) is 0 Å². The van der Waals surface area contributed by atoms with Gasteiger partial charge in [-0.15, -0.1) is 13.2 Å². The van der Waals surface area contributed by atoms with Crippen molar-refractivity contribution in [2.45, 2.75) is 152 Å². The Morgan fingerprint density at radius 2 is 0.586 bits per heavy atom. The molecule has 0 aromatic heterocycles. The molecular formula is C28H50O. The lowest BCUT2D eigenvalue weighted by Crippen LogP contribution is -2.43. The van der Waals surface area contributed by atoms with Gasteiger partial charge in [0.2, 0.25) is 0 Å². The molecule has 2 rings (SSSR count). The van der Waals surface area contributed by atoms with Gasteiger partial charge >= 0.3 is 0 Å². The monoisotopic (exact) mass is 402 g/mol. The third-order valence-corrected chi connectivity index (χ3v) is 7.55. The fourth-order valence-electron chi connectivity index (χ4n) is 5.52. The second-order valence-electron chi connectivity index (χ2n) is 10.0. The molecule has 0 amide bonds. The molecule has 168 valence electrons. The van der Waals surface area contributed by atoms with E-state index in [0.29, 0.717) is 0 Å². The first kappa shape index (κ1) is 24.7. The molecule has 0 spiro atoms. The summed E-state index contributed by atoms with van der Waals surface area (Å²) in [6.45, 7) is 8.60. The van der Waals surface area contributed by atoms with Crippen LogP contribution in [-0.2, 0) is 4.74 Å². The van der Waals surface area contributed by atoms with Crippen molar-refractivity contribution in [1.29, 1.82) is 0 Å². The zero-order valence-electron chi connectivity index (χ0n) is 19.5. The van der Waals surface area contributed by atoms with Gasteiger partial charge in [0.1, 0.15) is 0 Å². The van der Waals surface area contributed by atoms with Crippen LogP contribution in [0.4, 0.5) is 0 Å². The quantitative estimate of drug-likeness (QED) is 0.425. The summed E-state index contributed by atoms with van der Waals surface area (Å²) in [7, 11) is 0. The topological polar surface area (TPSA) is 9.23 Å². The van der Waals surface area contributed by atoms with Crippen LogP contribution in [0.25, 0.3) is 0 Å². The Labute approximate surface area is 182 Å². The first-order valence-electron chi connectivity index (χ1n) is 13.2. The normalized spacial score (nSPS) is 25.9. The average Bonchev–Trinajstić information content (AvgIpc) is 2.72. The van der Waals surface area contributed by atoms with E-state index in [1.165, 1.54) is 116 Å². The van der Waals surface area contributed by atoms with Crippen molar-refractivity contribution in [3.8, 4) is 0 Å². The van der Waals surface area contributed by atoms with Gasteiger partial charge in [0.05, 0.1) is 11.2 Å². The lowest BCUT2D eigenvalue weighted by Gasteiger charge is -2.42. The Morgan fingerprint density at radius 1 is 0.379 bits per heavy atom. The minimum Gasteiger partial charge on any atom is -0.360 e. The molecular weight excluding hydrogens is 352 g/mol. The lowest BCUT2D eigenvalue weighted by atomic mass is 9.84. The first-order chi connectivity index (χ1) is 14.2. The first-order valence-corrected chi connectivity index (χ1v) is 13.2. The molecule has 1 heteroatoms. The fourth-order valence-corrected chi connectivity index (χ4v) is 5.52. The number of hydrogen-bond donors (Lipinski definition) is 0. The molecule has 0 saturated heterocycles. The minimum atomic E-state index is -0.148. The SMILES string of the molecule is C=CC1(OC2(C=C)CCCCCCCCCCC2)CCCCCCCCCCC1. The van der Waals surface area contributed by atoms with Gasteiger partial charge < -0.3 is 4.74 Å². The van der Waals surface area contributed by atoms with Crippen LogP contribution in [0.2, 0.25) is 0 Å². The van der Waals surface area contributed by atoms with Crippen molar-refractivity contribution < 1.29 is 4.74 Å². The fraction of sp³-hybridized carbons (Fsp3) is 0.857. The van der Waals surface area contributed by atoms with E-state index in [-0.39, 0.29) is 11.2 Å². The highest BCUT2D eigenvalue weighted by molar-refractivity contribution is 5.05. The maximum Gasteiger partial charge on any atom is 0.0871 e. The summed E-state index contributed by atoms with van der Waals surface area (Å²) < 4.78 is 7.18. The van der Waals surface area contributed by atoms with Crippen molar-refractivity contribution in [1.82, 2.24) is 0 Å². The maximum absolute atomic E-state index is 7.18. The average molecular weight is 403 g/mol. The van der Waals surface area contributed by atoms with Crippen LogP contribution in [-0.4, -0.2) is 11.2 Å². The van der Waals surface area contributed by atoms with Crippen LogP contribution in [0.1, 0.15) is 141 Å². The summed E-state index contributed by atoms with van der Waals surface area (Å²) >= 11 is 0. The van der Waals surface area contributed by atoms with Gasteiger partial charge in [-0.25, -0.2) is 0 Å². The van der Waals surface area contributed by atoms with E-state index in [4.69, 9.17) is 4.74 Å². The Bertz CT molecular complexity index is 374. The molecule has 0 heterocycles. The van der Waals surface area contributed by atoms with E-state index in [1.807, 2.05) is 0 Å². The third kappa shape index (κ3) is 9.41. The molecule has 2 saturated carbocycles. The Hall–Kier alpha value is -0.560. The van der Waals surface area contributed by atoms with Crippen LogP contribution < -0.4 is 0 Å². The third-order valence-electron chi connectivity index (χ3n) is 7.55. The van der Waals surface area contributed by atoms with Crippen LogP contribution in [0.3, 0.4) is 0 Å². The van der Waals surface area contributed by atoms with E-state index < -0.39 is 0 Å². The summed E-state index contributed by atoms with van der Waals surface area (Å²) in [5.74, 6) is 0. The molecule has 2 aliphatic carbocycles. The van der Waals surface area contributed by atoms with Crippen LogP contribution in [0, 0.1) is 0 Å². The second-order valence-corrected chi connectivity index (χ2v) is 10.0. The van der Waals surface area contributed by atoms with E-state index >= 15 is 0 Å². The summed E-state index contributed by atoms with van der Waals surface area (Å²) in [4.78, 5) is 0. The lowest BCUT2D eigenvalue weighted by molar-refractivity contribution is -0.126.